The van der Waals surface area contributed by atoms with Gasteiger partial charge in [0.15, 0.2) is 0 Å². The number of carbonyl (C=O) groups is 1. The topological polar surface area (TPSA) is 93.7 Å². The quantitative estimate of drug-likeness (QED) is 0.284. The van der Waals surface area contributed by atoms with Gasteiger partial charge in [0, 0.05) is 43.9 Å². The van der Waals surface area contributed by atoms with Gasteiger partial charge in [-0.25, -0.2) is 9.07 Å². The predicted octanol–water partition coefficient (Wildman–Crippen LogP) is 4.56. The lowest BCUT2D eigenvalue weighted by Crippen LogP contribution is -2.49. The monoisotopic (exact) mass is 501 g/mol. The second-order valence-electron chi connectivity index (χ2n) is 8.57. The summed E-state index contributed by atoms with van der Waals surface area (Å²) in [5.41, 5.74) is 2.35. The highest BCUT2D eigenvalue weighted by Crippen LogP contribution is 2.28. The van der Waals surface area contributed by atoms with Crippen molar-refractivity contribution in [2.45, 2.75) is 0 Å². The third-order valence-corrected chi connectivity index (χ3v) is 6.34. The molecule has 0 spiro atoms. The molecule has 37 heavy (non-hydrogen) atoms. The van der Waals surface area contributed by atoms with Crippen LogP contribution in [-0.4, -0.2) is 58.8 Å². The number of non-ortho nitro benzene ring substituents is 1. The normalized spacial score (nSPS) is 13.5. The summed E-state index contributed by atoms with van der Waals surface area (Å²) in [6, 6.07) is 21.5. The number of nitrogens with zero attached hydrogens (tertiary/aromatic N) is 5. The van der Waals surface area contributed by atoms with Crippen molar-refractivity contribution in [3.05, 3.63) is 100 Å². The van der Waals surface area contributed by atoms with Crippen molar-refractivity contribution in [1.82, 2.24) is 14.7 Å². The molecular formula is C27H24FN5O4. The van der Waals surface area contributed by atoms with Gasteiger partial charge in [0.1, 0.15) is 17.3 Å². The number of carbonyl (C=O) groups excluding carboxylic acids is 1. The lowest BCUT2D eigenvalue weighted by atomic mass is 10.1. The molecule has 2 heterocycles. The Hall–Kier alpha value is -4.73. The first kappa shape index (κ1) is 24.0. The fourth-order valence-corrected chi connectivity index (χ4v) is 4.41. The molecule has 0 saturated carbocycles. The van der Waals surface area contributed by atoms with Gasteiger partial charge in [0.05, 0.1) is 29.1 Å². The fraction of sp³-hybridized carbons (Fsp3) is 0.185. The molecule has 188 valence electrons. The number of ether oxygens (including phenoxy) is 1. The molecule has 1 aromatic heterocycles. The summed E-state index contributed by atoms with van der Waals surface area (Å²) in [5, 5.41) is 16.0. The van der Waals surface area contributed by atoms with Crippen LogP contribution in [0.4, 0.5) is 15.8 Å². The molecule has 1 aliphatic rings. The molecule has 10 heteroatoms. The molecule has 3 aromatic carbocycles. The van der Waals surface area contributed by atoms with Crippen molar-refractivity contribution in [3.63, 3.8) is 0 Å². The molecule has 4 aromatic rings. The van der Waals surface area contributed by atoms with Gasteiger partial charge in [-0.2, -0.15) is 5.10 Å². The number of anilines is 1. The molecule has 1 saturated heterocycles. The van der Waals surface area contributed by atoms with Crippen molar-refractivity contribution in [1.29, 1.82) is 0 Å². The van der Waals surface area contributed by atoms with Crippen LogP contribution >= 0.6 is 0 Å². The van der Waals surface area contributed by atoms with Crippen LogP contribution < -0.4 is 9.64 Å². The maximum atomic E-state index is 14.3. The Labute approximate surface area is 212 Å². The highest BCUT2D eigenvalue weighted by Gasteiger charge is 2.27. The molecule has 1 fully saturated rings. The summed E-state index contributed by atoms with van der Waals surface area (Å²) >= 11 is 0. The summed E-state index contributed by atoms with van der Waals surface area (Å²) in [7, 11) is 1.57. The average Bonchev–Trinajstić information content (AvgIpc) is 3.39. The van der Waals surface area contributed by atoms with Crippen LogP contribution in [0.2, 0.25) is 0 Å². The van der Waals surface area contributed by atoms with E-state index in [1.807, 2.05) is 29.2 Å². The Bertz CT molecular complexity index is 1460. The van der Waals surface area contributed by atoms with Crippen molar-refractivity contribution < 1.29 is 18.8 Å². The Morgan fingerprint density at radius 1 is 0.973 bits per heavy atom. The smallest absolute Gasteiger partial charge is 0.272 e. The first-order valence-electron chi connectivity index (χ1n) is 11.7. The van der Waals surface area contributed by atoms with Crippen LogP contribution in [0.3, 0.4) is 0 Å². The Kier molecular flexibility index (Phi) is 6.55. The first-order chi connectivity index (χ1) is 17.9. The molecule has 5 rings (SSSR count). The second kappa shape index (κ2) is 10.1. The molecule has 1 amide bonds. The van der Waals surface area contributed by atoms with E-state index in [1.165, 1.54) is 22.9 Å². The van der Waals surface area contributed by atoms with E-state index in [4.69, 9.17) is 4.74 Å². The molecule has 0 N–H and O–H groups in total. The minimum Gasteiger partial charge on any atom is -0.497 e. The van der Waals surface area contributed by atoms with Crippen LogP contribution in [0.1, 0.15) is 10.5 Å². The van der Waals surface area contributed by atoms with Crippen molar-refractivity contribution in [3.8, 4) is 22.7 Å². The van der Waals surface area contributed by atoms with E-state index in [2.05, 4.69) is 5.10 Å². The lowest BCUT2D eigenvalue weighted by molar-refractivity contribution is -0.384. The minimum absolute atomic E-state index is 0.104. The van der Waals surface area contributed by atoms with Gasteiger partial charge >= 0.3 is 0 Å². The van der Waals surface area contributed by atoms with Gasteiger partial charge in [0.2, 0.25) is 0 Å². The van der Waals surface area contributed by atoms with E-state index in [0.29, 0.717) is 49.0 Å². The minimum atomic E-state index is -0.487. The third-order valence-electron chi connectivity index (χ3n) is 6.34. The molecule has 0 radical (unpaired) electrons. The number of halogens is 1. The van der Waals surface area contributed by atoms with Crippen LogP contribution in [-0.2, 0) is 0 Å². The molecule has 9 nitrogen and oxygen atoms in total. The Morgan fingerprint density at radius 3 is 2.46 bits per heavy atom. The number of nitro benzene ring substituents is 1. The highest BCUT2D eigenvalue weighted by atomic mass is 19.1. The van der Waals surface area contributed by atoms with Crippen molar-refractivity contribution in [2.75, 3.05) is 38.2 Å². The van der Waals surface area contributed by atoms with Crippen LogP contribution in [0.15, 0.2) is 78.9 Å². The van der Waals surface area contributed by atoms with E-state index in [9.17, 15) is 19.3 Å². The molecule has 0 aliphatic carbocycles. The number of benzene rings is 3. The molecule has 0 bridgehead atoms. The number of hydrogen-bond donors (Lipinski definition) is 0. The second-order valence-corrected chi connectivity index (χ2v) is 8.57. The van der Waals surface area contributed by atoms with E-state index >= 15 is 0 Å². The summed E-state index contributed by atoms with van der Waals surface area (Å²) in [6.45, 7) is 1.73. The number of amides is 1. The maximum absolute atomic E-state index is 14.3. The first-order valence-corrected chi connectivity index (χ1v) is 11.7. The lowest BCUT2D eigenvalue weighted by Gasteiger charge is -2.36. The average molecular weight is 502 g/mol. The van der Waals surface area contributed by atoms with Crippen molar-refractivity contribution in [2.24, 2.45) is 0 Å². The Balaban J connectivity index is 1.48. The van der Waals surface area contributed by atoms with E-state index < -0.39 is 4.92 Å². The van der Waals surface area contributed by atoms with Crippen LogP contribution in [0.5, 0.6) is 5.75 Å². The maximum Gasteiger partial charge on any atom is 0.272 e. The van der Waals surface area contributed by atoms with Crippen LogP contribution in [0, 0.1) is 15.9 Å². The number of aromatic nitrogens is 2. The Morgan fingerprint density at radius 2 is 1.73 bits per heavy atom. The number of hydrogen-bond acceptors (Lipinski definition) is 6. The van der Waals surface area contributed by atoms with Gasteiger partial charge in [-0.1, -0.05) is 30.3 Å². The number of para-hydroxylation sites is 1. The van der Waals surface area contributed by atoms with Crippen LogP contribution in [0.25, 0.3) is 16.9 Å². The van der Waals surface area contributed by atoms with Gasteiger partial charge in [-0.3, -0.25) is 14.9 Å². The SMILES string of the molecule is COc1cccc(-c2cc(C(=O)N3CCN(c4ccccc4F)CC3)n(-c3cccc([N+](=O)[O-])c3)n2)c1. The number of rotatable bonds is 6. The fourth-order valence-electron chi connectivity index (χ4n) is 4.41. The highest BCUT2D eigenvalue weighted by molar-refractivity contribution is 5.94. The third kappa shape index (κ3) is 4.86. The number of methoxy groups -OCH3 is 1. The van der Waals surface area contributed by atoms with E-state index in [0.717, 1.165) is 5.56 Å². The largest absolute Gasteiger partial charge is 0.497 e. The zero-order valence-corrected chi connectivity index (χ0v) is 20.1. The summed E-state index contributed by atoms with van der Waals surface area (Å²) < 4.78 is 21.0. The summed E-state index contributed by atoms with van der Waals surface area (Å²) in [4.78, 5) is 28.2. The van der Waals surface area contributed by atoms with E-state index in [-0.39, 0.29) is 23.1 Å². The summed E-state index contributed by atoms with van der Waals surface area (Å²) in [6.07, 6.45) is 0. The van der Waals surface area contributed by atoms with Gasteiger partial charge < -0.3 is 14.5 Å². The molecule has 0 unspecified atom stereocenters. The van der Waals surface area contributed by atoms with Gasteiger partial charge in [-0.05, 0) is 36.4 Å². The van der Waals surface area contributed by atoms with Crippen molar-refractivity contribution >= 4 is 17.3 Å². The predicted molar refractivity (Wildman–Crippen MR) is 137 cm³/mol. The van der Waals surface area contributed by atoms with Gasteiger partial charge in [-0.15, -0.1) is 0 Å². The molecule has 0 atom stereocenters. The standard InChI is InChI=1S/C27H24FN5O4/c1-37-22-9-4-6-19(16-22)24-18-26(32(29-24)20-7-5-8-21(17-20)33(35)36)27(34)31-14-12-30(13-15-31)25-11-3-2-10-23(25)28/h2-11,16-18H,12-15H2,1H3. The number of piperazine rings is 1. The van der Waals surface area contributed by atoms with E-state index in [1.54, 1.807) is 48.4 Å². The van der Waals surface area contributed by atoms with Gasteiger partial charge in [0.25, 0.3) is 11.6 Å². The zero-order chi connectivity index (χ0) is 25.9. The zero-order valence-electron chi connectivity index (χ0n) is 20.1. The molecule has 1 aliphatic heterocycles. The number of nitro groups is 1. The molecular weight excluding hydrogens is 477 g/mol. The summed E-state index contributed by atoms with van der Waals surface area (Å²) in [5.74, 6) is 0.0785.